The molecular formula is C24H26ClN3O5S. The smallest absolute Gasteiger partial charge is 0.339 e. The minimum Gasteiger partial charge on any atom is -0.493 e. The molecular weight excluding hydrogens is 478 g/mol. The average molecular weight is 504 g/mol. The number of carbonyl (C=O) groups is 2. The molecule has 180 valence electrons. The summed E-state index contributed by atoms with van der Waals surface area (Å²) in [6.07, 6.45) is 0.774. The number of halogens is 1. The fourth-order valence-corrected chi connectivity index (χ4v) is 4.10. The van der Waals surface area contributed by atoms with Crippen molar-refractivity contribution in [3.63, 3.8) is 0 Å². The molecule has 1 aliphatic rings. The second-order valence-corrected chi connectivity index (χ2v) is 8.28. The number of hydrogen-bond acceptors (Lipinski definition) is 6. The van der Waals surface area contributed by atoms with E-state index in [0.29, 0.717) is 50.8 Å². The van der Waals surface area contributed by atoms with Gasteiger partial charge in [-0.1, -0.05) is 30.7 Å². The zero-order valence-corrected chi connectivity index (χ0v) is 20.9. The summed E-state index contributed by atoms with van der Waals surface area (Å²) in [5, 5.41) is 9.71. The van der Waals surface area contributed by atoms with Crippen molar-refractivity contribution in [1.29, 1.82) is 0 Å². The molecule has 2 aromatic rings. The molecule has 0 aromatic heterocycles. The third-order valence-corrected chi connectivity index (χ3v) is 5.56. The minimum absolute atomic E-state index is 0.233. The van der Waals surface area contributed by atoms with Crippen LogP contribution in [0.4, 0.5) is 5.69 Å². The first-order valence-corrected chi connectivity index (χ1v) is 11.4. The van der Waals surface area contributed by atoms with Gasteiger partial charge < -0.3 is 30.2 Å². The molecule has 2 aromatic carbocycles. The minimum atomic E-state index is -0.696. The zero-order valence-electron chi connectivity index (χ0n) is 19.3. The highest BCUT2D eigenvalue weighted by Crippen LogP contribution is 2.41. The SMILES string of the molecule is CCCOc1c(OC)cc(Cl)cc1[C@H]1NC(=S)NC(C)=C1C(=O)Nc1ccccc1C(=O)OC. The number of allylic oxidation sites excluding steroid dienone is 1. The molecule has 34 heavy (non-hydrogen) atoms. The molecule has 0 bridgehead atoms. The van der Waals surface area contributed by atoms with Crippen molar-refractivity contribution in [2.24, 2.45) is 0 Å². The monoisotopic (exact) mass is 503 g/mol. The fourth-order valence-electron chi connectivity index (χ4n) is 3.61. The molecule has 0 saturated heterocycles. The molecule has 0 saturated carbocycles. The van der Waals surface area contributed by atoms with Crippen LogP contribution < -0.4 is 25.4 Å². The summed E-state index contributed by atoms with van der Waals surface area (Å²) in [7, 11) is 2.80. The van der Waals surface area contributed by atoms with Gasteiger partial charge in [0.15, 0.2) is 16.6 Å². The molecule has 3 rings (SSSR count). The van der Waals surface area contributed by atoms with Crippen molar-refractivity contribution in [3.8, 4) is 11.5 Å². The van der Waals surface area contributed by atoms with Crippen molar-refractivity contribution in [2.75, 3.05) is 26.1 Å². The van der Waals surface area contributed by atoms with Gasteiger partial charge in [-0.15, -0.1) is 0 Å². The van der Waals surface area contributed by atoms with Crippen molar-refractivity contribution < 1.29 is 23.8 Å². The molecule has 3 N–H and O–H groups in total. The van der Waals surface area contributed by atoms with Gasteiger partial charge in [0.05, 0.1) is 43.7 Å². The number of para-hydroxylation sites is 1. The summed E-state index contributed by atoms with van der Waals surface area (Å²) in [6.45, 7) is 4.18. The van der Waals surface area contributed by atoms with Crippen LogP contribution in [0.3, 0.4) is 0 Å². The Labute approximate surface area is 208 Å². The van der Waals surface area contributed by atoms with Crippen molar-refractivity contribution in [3.05, 3.63) is 63.8 Å². The summed E-state index contributed by atoms with van der Waals surface area (Å²) in [6, 6.07) is 9.27. The summed E-state index contributed by atoms with van der Waals surface area (Å²) in [5.74, 6) is -0.101. The Morgan fingerprint density at radius 3 is 2.62 bits per heavy atom. The maximum atomic E-state index is 13.5. The molecule has 1 heterocycles. The van der Waals surface area contributed by atoms with E-state index in [2.05, 4.69) is 16.0 Å². The van der Waals surface area contributed by atoms with Gasteiger partial charge >= 0.3 is 5.97 Å². The van der Waals surface area contributed by atoms with E-state index >= 15 is 0 Å². The molecule has 10 heteroatoms. The van der Waals surface area contributed by atoms with Crippen LogP contribution in [0.2, 0.25) is 5.02 Å². The summed E-state index contributed by atoms with van der Waals surface area (Å²) < 4.78 is 16.3. The van der Waals surface area contributed by atoms with E-state index in [1.54, 1.807) is 43.3 Å². The van der Waals surface area contributed by atoms with Gasteiger partial charge in [0.2, 0.25) is 0 Å². The third-order valence-electron chi connectivity index (χ3n) is 5.12. The highest BCUT2D eigenvalue weighted by molar-refractivity contribution is 7.80. The Morgan fingerprint density at radius 2 is 1.94 bits per heavy atom. The first-order chi connectivity index (χ1) is 16.3. The second-order valence-electron chi connectivity index (χ2n) is 7.44. The van der Waals surface area contributed by atoms with Crippen LogP contribution in [-0.2, 0) is 9.53 Å². The third kappa shape index (κ3) is 5.43. The summed E-state index contributed by atoms with van der Waals surface area (Å²) in [5.41, 5.74) is 2.03. The highest BCUT2D eigenvalue weighted by atomic mass is 35.5. The molecule has 8 nitrogen and oxygen atoms in total. The largest absolute Gasteiger partial charge is 0.493 e. The van der Waals surface area contributed by atoms with Gasteiger partial charge in [-0.25, -0.2) is 4.79 Å². The molecule has 0 radical (unpaired) electrons. The van der Waals surface area contributed by atoms with Gasteiger partial charge in [-0.05, 0) is 43.8 Å². The van der Waals surface area contributed by atoms with Gasteiger partial charge in [0.1, 0.15) is 0 Å². The summed E-state index contributed by atoms with van der Waals surface area (Å²) >= 11 is 11.7. The number of benzene rings is 2. The van der Waals surface area contributed by atoms with E-state index in [1.165, 1.54) is 14.2 Å². The van der Waals surface area contributed by atoms with Gasteiger partial charge in [-0.2, -0.15) is 0 Å². The van der Waals surface area contributed by atoms with Crippen molar-refractivity contribution in [1.82, 2.24) is 10.6 Å². The molecule has 0 unspecified atom stereocenters. The lowest BCUT2D eigenvalue weighted by atomic mass is 9.93. The second kappa shape index (κ2) is 11.2. The maximum Gasteiger partial charge on any atom is 0.339 e. The lowest BCUT2D eigenvalue weighted by molar-refractivity contribution is -0.113. The average Bonchev–Trinajstić information content (AvgIpc) is 2.81. The van der Waals surface area contributed by atoms with Crippen LogP contribution in [0.1, 0.15) is 42.2 Å². The number of rotatable bonds is 8. The van der Waals surface area contributed by atoms with Crippen LogP contribution in [0.25, 0.3) is 0 Å². The lowest BCUT2D eigenvalue weighted by Crippen LogP contribution is -2.46. The van der Waals surface area contributed by atoms with Gasteiger partial charge in [0.25, 0.3) is 5.91 Å². The lowest BCUT2D eigenvalue weighted by Gasteiger charge is -2.32. The predicted octanol–water partition coefficient (Wildman–Crippen LogP) is 4.36. The normalized spacial score (nSPS) is 15.2. The van der Waals surface area contributed by atoms with E-state index in [4.69, 9.17) is 38.0 Å². The Balaban J connectivity index is 2.09. The fraction of sp³-hybridized carbons (Fsp3) is 0.292. The first-order valence-electron chi connectivity index (χ1n) is 10.6. The van der Waals surface area contributed by atoms with E-state index in [9.17, 15) is 9.59 Å². The van der Waals surface area contributed by atoms with E-state index in [1.807, 2.05) is 6.92 Å². The van der Waals surface area contributed by atoms with Crippen LogP contribution in [0.15, 0.2) is 47.7 Å². The topological polar surface area (TPSA) is 97.9 Å². The van der Waals surface area contributed by atoms with Crippen molar-refractivity contribution in [2.45, 2.75) is 26.3 Å². The number of methoxy groups -OCH3 is 2. The number of thiocarbonyl (C=S) groups is 1. The van der Waals surface area contributed by atoms with E-state index in [0.717, 1.165) is 6.42 Å². The number of anilines is 1. The maximum absolute atomic E-state index is 13.5. The number of carbonyl (C=O) groups excluding carboxylic acids is 2. The van der Waals surface area contributed by atoms with Crippen LogP contribution in [-0.4, -0.2) is 37.8 Å². The Morgan fingerprint density at radius 1 is 1.21 bits per heavy atom. The Kier molecular flexibility index (Phi) is 8.36. The quantitative estimate of drug-likeness (QED) is 0.361. The zero-order chi connectivity index (χ0) is 24.8. The van der Waals surface area contributed by atoms with Gasteiger partial charge in [0, 0.05) is 22.3 Å². The molecule has 0 aliphatic carbocycles. The number of amides is 1. The molecule has 0 spiro atoms. The number of esters is 1. The van der Waals surface area contributed by atoms with Gasteiger partial charge in [-0.3, -0.25) is 4.79 Å². The molecule has 1 atom stereocenters. The standard InChI is InChI=1S/C24H26ClN3O5S/c1-5-10-33-21-16(11-14(25)12-18(21)31-3)20-19(13(2)26-24(34)28-20)22(29)27-17-9-7-6-8-15(17)23(30)32-4/h6-9,11-12,20H,5,10H2,1-4H3,(H,27,29)(H2,26,28,34)/t20-/m1/s1. The predicted molar refractivity (Wildman–Crippen MR) is 135 cm³/mol. The van der Waals surface area contributed by atoms with Crippen molar-refractivity contribution >= 4 is 46.5 Å². The Hall–Kier alpha value is -3.30. The van der Waals surface area contributed by atoms with Crippen LogP contribution in [0, 0.1) is 0 Å². The van der Waals surface area contributed by atoms with E-state index < -0.39 is 17.9 Å². The van der Waals surface area contributed by atoms with Crippen LogP contribution in [0.5, 0.6) is 11.5 Å². The number of ether oxygens (including phenoxy) is 3. The molecule has 0 fully saturated rings. The Bertz CT molecular complexity index is 1150. The molecule has 1 amide bonds. The highest BCUT2D eigenvalue weighted by Gasteiger charge is 2.33. The number of nitrogens with one attached hydrogen (secondary N) is 3. The number of hydrogen-bond donors (Lipinski definition) is 3. The van der Waals surface area contributed by atoms with E-state index in [-0.39, 0.29) is 5.56 Å². The molecule has 1 aliphatic heterocycles. The van der Waals surface area contributed by atoms with Crippen LogP contribution >= 0.6 is 23.8 Å². The summed E-state index contributed by atoms with van der Waals surface area (Å²) in [4.78, 5) is 25.7. The first kappa shape index (κ1) is 25.3.